The Morgan fingerprint density at radius 3 is 2.28 bits per heavy atom. The normalized spacial score (nSPS) is 12.6. The first-order valence-electron chi connectivity index (χ1n) is 7.28. The molecule has 0 atom stereocenters. The largest absolute Gasteiger partial charge is 0.461 e. The van der Waals surface area contributed by atoms with E-state index in [0.29, 0.717) is 13.0 Å². The molecule has 0 aliphatic heterocycles. The van der Waals surface area contributed by atoms with E-state index in [1.807, 2.05) is 6.08 Å². The van der Waals surface area contributed by atoms with Crippen LogP contribution in [0.15, 0.2) is 11.6 Å². The van der Waals surface area contributed by atoms with Gasteiger partial charge in [-0.1, -0.05) is 52.5 Å². The zero-order valence-electron chi connectivity index (χ0n) is 12.8. The summed E-state index contributed by atoms with van der Waals surface area (Å²) in [5.74, 6) is -0.0660. The van der Waals surface area contributed by atoms with Crippen LogP contribution in [-0.4, -0.2) is 12.6 Å². The van der Waals surface area contributed by atoms with Crippen molar-refractivity contribution in [3.63, 3.8) is 0 Å². The van der Waals surface area contributed by atoms with E-state index in [-0.39, 0.29) is 11.4 Å². The van der Waals surface area contributed by atoms with E-state index in [2.05, 4.69) is 34.6 Å². The van der Waals surface area contributed by atoms with Crippen molar-refractivity contribution in [2.45, 2.75) is 73.1 Å². The third-order valence-corrected chi connectivity index (χ3v) is 3.96. The number of allylic oxidation sites excluding steroid dienone is 1. The maximum Gasteiger partial charge on any atom is 0.306 e. The first kappa shape index (κ1) is 17.2. The fraction of sp³-hybridized carbons (Fsp3) is 0.812. The summed E-state index contributed by atoms with van der Waals surface area (Å²) in [5, 5.41) is 0. The van der Waals surface area contributed by atoms with Crippen LogP contribution < -0.4 is 0 Å². The Hall–Kier alpha value is -0.790. The average Bonchev–Trinajstić information content (AvgIpc) is 2.36. The van der Waals surface area contributed by atoms with Crippen molar-refractivity contribution in [1.82, 2.24) is 0 Å². The fourth-order valence-corrected chi connectivity index (χ4v) is 1.85. The highest BCUT2D eigenvalue weighted by Crippen LogP contribution is 2.30. The van der Waals surface area contributed by atoms with Gasteiger partial charge < -0.3 is 4.74 Å². The highest BCUT2D eigenvalue weighted by molar-refractivity contribution is 5.69. The summed E-state index contributed by atoms with van der Waals surface area (Å²) in [6, 6.07) is 0. The minimum Gasteiger partial charge on any atom is -0.461 e. The maximum absolute atomic E-state index is 11.6. The summed E-state index contributed by atoms with van der Waals surface area (Å²) < 4.78 is 5.23. The predicted octanol–water partition coefficient (Wildman–Crippen LogP) is 4.88. The van der Waals surface area contributed by atoms with Gasteiger partial charge in [0.05, 0.1) is 0 Å². The van der Waals surface area contributed by atoms with E-state index >= 15 is 0 Å². The van der Waals surface area contributed by atoms with Crippen molar-refractivity contribution in [2.24, 2.45) is 5.41 Å². The molecule has 0 N–H and O–H groups in total. The van der Waals surface area contributed by atoms with Crippen LogP contribution in [0.3, 0.4) is 0 Å². The standard InChI is InChI=1S/C16H30O2/c1-6-9-14(4)11-13-18-15(17)10-12-16(5,7-2)8-3/h11H,6-10,12-13H2,1-5H3/b14-11+. The number of ether oxygens (including phenoxy) is 1. The molecule has 0 fully saturated rings. The lowest BCUT2D eigenvalue weighted by Crippen LogP contribution is -2.16. The monoisotopic (exact) mass is 254 g/mol. The van der Waals surface area contributed by atoms with E-state index in [0.717, 1.165) is 32.1 Å². The van der Waals surface area contributed by atoms with Gasteiger partial charge in [0.2, 0.25) is 0 Å². The van der Waals surface area contributed by atoms with E-state index < -0.39 is 0 Å². The molecule has 0 heterocycles. The molecule has 0 saturated heterocycles. The van der Waals surface area contributed by atoms with Crippen LogP contribution in [0.2, 0.25) is 0 Å². The number of carbonyl (C=O) groups is 1. The number of rotatable bonds is 9. The molecule has 18 heavy (non-hydrogen) atoms. The molecule has 2 heteroatoms. The molecule has 2 nitrogen and oxygen atoms in total. The molecular weight excluding hydrogens is 224 g/mol. The second-order valence-electron chi connectivity index (χ2n) is 5.50. The molecule has 0 aromatic carbocycles. The summed E-state index contributed by atoms with van der Waals surface area (Å²) in [5.41, 5.74) is 1.59. The zero-order chi connectivity index (χ0) is 14.0. The first-order valence-corrected chi connectivity index (χ1v) is 7.28. The summed E-state index contributed by atoms with van der Waals surface area (Å²) >= 11 is 0. The van der Waals surface area contributed by atoms with Crippen molar-refractivity contribution < 1.29 is 9.53 Å². The van der Waals surface area contributed by atoms with Crippen molar-refractivity contribution in [3.05, 3.63) is 11.6 Å². The third kappa shape index (κ3) is 7.52. The van der Waals surface area contributed by atoms with Crippen molar-refractivity contribution in [1.29, 1.82) is 0 Å². The quantitative estimate of drug-likeness (QED) is 0.433. The summed E-state index contributed by atoms with van der Waals surface area (Å²) in [4.78, 5) is 11.6. The molecule has 0 amide bonds. The molecule has 0 radical (unpaired) electrons. The van der Waals surface area contributed by atoms with Crippen LogP contribution >= 0.6 is 0 Å². The molecule has 0 aromatic heterocycles. The summed E-state index contributed by atoms with van der Waals surface area (Å²) in [6.45, 7) is 11.3. The van der Waals surface area contributed by atoms with Gasteiger partial charge in [0.15, 0.2) is 0 Å². The molecule has 0 aromatic rings. The van der Waals surface area contributed by atoms with Gasteiger partial charge in [0.25, 0.3) is 0 Å². The van der Waals surface area contributed by atoms with Gasteiger partial charge in [-0.25, -0.2) is 0 Å². The molecule has 0 spiro atoms. The number of carbonyl (C=O) groups excluding carboxylic acids is 1. The molecule has 0 aliphatic rings. The van der Waals surface area contributed by atoms with Gasteiger partial charge in [0, 0.05) is 6.42 Å². The summed E-state index contributed by atoms with van der Waals surface area (Å²) in [6.07, 6.45) is 7.94. The van der Waals surface area contributed by atoms with Gasteiger partial charge in [-0.15, -0.1) is 0 Å². The highest BCUT2D eigenvalue weighted by Gasteiger charge is 2.20. The predicted molar refractivity (Wildman–Crippen MR) is 77.5 cm³/mol. The van der Waals surface area contributed by atoms with Crippen LogP contribution in [-0.2, 0) is 9.53 Å². The average molecular weight is 254 g/mol. The molecule has 0 aliphatic carbocycles. The molecule has 0 unspecified atom stereocenters. The Balaban J connectivity index is 3.89. The second kappa shape index (κ2) is 9.18. The lowest BCUT2D eigenvalue weighted by atomic mass is 9.80. The lowest BCUT2D eigenvalue weighted by molar-refractivity contribution is -0.143. The lowest BCUT2D eigenvalue weighted by Gasteiger charge is -2.25. The van der Waals surface area contributed by atoms with Gasteiger partial charge >= 0.3 is 5.97 Å². The number of hydrogen-bond donors (Lipinski definition) is 0. The van der Waals surface area contributed by atoms with Crippen LogP contribution in [0.25, 0.3) is 0 Å². The van der Waals surface area contributed by atoms with E-state index in [1.165, 1.54) is 5.57 Å². The summed E-state index contributed by atoms with van der Waals surface area (Å²) in [7, 11) is 0. The third-order valence-electron chi connectivity index (χ3n) is 3.96. The van der Waals surface area contributed by atoms with Crippen LogP contribution in [0.5, 0.6) is 0 Å². The Kier molecular flexibility index (Phi) is 8.78. The van der Waals surface area contributed by atoms with E-state index in [4.69, 9.17) is 4.74 Å². The highest BCUT2D eigenvalue weighted by atomic mass is 16.5. The van der Waals surface area contributed by atoms with Crippen LogP contribution in [0.4, 0.5) is 0 Å². The smallest absolute Gasteiger partial charge is 0.306 e. The minimum absolute atomic E-state index is 0.0660. The van der Waals surface area contributed by atoms with Crippen molar-refractivity contribution >= 4 is 5.97 Å². The number of esters is 1. The van der Waals surface area contributed by atoms with Gasteiger partial charge in [-0.3, -0.25) is 4.79 Å². The van der Waals surface area contributed by atoms with Crippen molar-refractivity contribution in [3.8, 4) is 0 Å². The molecule has 0 bridgehead atoms. The van der Waals surface area contributed by atoms with E-state index in [1.54, 1.807) is 0 Å². The van der Waals surface area contributed by atoms with Gasteiger partial charge in [0.1, 0.15) is 6.61 Å². The zero-order valence-corrected chi connectivity index (χ0v) is 12.8. The number of hydrogen-bond acceptors (Lipinski definition) is 2. The van der Waals surface area contributed by atoms with E-state index in [9.17, 15) is 4.79 Å². The van der Waals surface area contributed by atoms with Gasteiger partial charge in [-0.2, -0.15) is 0 Å². The Labute approximate surface area is 113 Å². The van der Waals surface area contributed by atoms with Crippen LogP contribution in [0, 0.1) is 5.41 Å². The van der Waals surface area contributed by atoms with Crippen LogP contribution in [0.1, 0.15) is 73.1 Å². The SMILES string of the molecule is CCC/C(C)=C/COC(=O)CCC(C)(CC)CC. The topological polar surface area (TPSA) is 26.3 Å². The molecular formula is C16H30O2. The molecule has 106 valence electrons. The maximum atomic E-state index is 11.6. The molecule has 0 rings (SSSR count). The molecule has 0 saturated carbocycles. The van der Waals surface area contributed by atoms with Crippen molar-refractivity contribution in [2.75, 3.05) is 6.61 Å². The Morgan fingerprint density at radius 1 is 1.17 bits per heavy atom. The Morgan fingerprint density at radius 2 is 1.78 bits per heavy atom. The Bertz CT molecular complexity index is 262. The van der Waals surface area contributed by atoms with Gasteiger partial charge in [-0.05, 0) is 31.3 Å². The second-order valence-corrected chi connectivity index (χ2v) is 5.50. The first-order chi connectivity index (χ1) is 8.47. The minimum atomic E-state index is -0.0660. The fourth-order valence-electron chi connectivity index (χ4n) is 1.85.